The second-order valence-electron chi connectivity index (χ2n) is 4.28. The zero-order chi connectivity index (χ0) is 14.4. The average molecular weight is 360 g/mol. The van der Waals surface area contributed by atoms with Crippen LogP contribution in [-0.2, 0) is 6.54 Å². The van der Waals surface area contributed by atoms with E-state index in [4.69, 9.17) is 4.74 Å². The molecule has 1 unspecified atom stereocenters. The third-order valence-corrected chi connectivity index (χ3v) is 4.25. The second kappa shape index (κ2) is 7.73. The van der Waals surface area contributed by atoms with Crippen LogP contribution in [0.4, 0.5) is 4.39 Å². The highest BCUT2D eigenvalue weighted by Crippen LogP contribution is 2.19. The summed E-state index contributed by atoms with van der Waals surface area (Å²) in [4.78, 5) is 1.20. The number of halogens is 2. The normalized spacial score (nSPS) is 12.3. The van der Waals surface area contributed by atoms with Crippen LogP contribution < -0.4 is 10.1 Å². The van der Waals surface area contributed by atoms with E-state index in [2.05, 4.69) is 21.2 Å². The van der Waals surface area contributed by atoms with Crippen LogP contribution in [0.15, 0.2) is 40.2 Å². The monoisotopic (exact) mass is 359 g/mol. The fraction of sp³-hybridized carbons (Fsp3) is 0.286. The molecule has 0 aliphatic heterocycles. The molecule has 0 saturated carbocycles. The molecule has 108 valence electrons. The van der Waals surface area contributed by atoms with E-state index in [9.17, 15) is 9.50 Å². The molecule has 1 atom stereocenters. The topological polar surface area (TPSA) is 41.5 Å². The molecule has 2 rings (SSSR count). The molecule has 2 N–H and O–H groups in total. The van der Waals surface area contributed by atoms with Gasteiger partial charge in [0.2, 0.25) is 0 Å². The number of hydrogen-bond acceptors (Lipinski definition) is 4. The van der Waals surface area contributed by atoms with Gasteiger partial charge in [0.15, 0.2) is 0 Å². The van der Waals surface area contributed by atoms with Crippen molar-refractivity contribution >= 4 is 27.3 Å². The molecular formula is C14H15BrFNO2S. The van der Waals surface area contributed by atoms with Gasteiger partial charge < -0.3 is 15.2 Å². The Balaban J connectivity index is 1.65. The molecule has 0 radical (unpaired) electrons. The maximum absolute atomic E-state index is 12.7. The van der Waals surface area contributed by atoms with Crippen molar-refractivity contribution in [3.63, 3.8) is 0 Å². The van der Waals surface area contributed by atoms with E-state index < -0.39 is 6.10 Å². The van der Waals surface area contributed by atoms with Crippen LogP contribution in [0.2, 0.25) is 0 Å². The van der Waals surface area contributed by atoms with Gasteiger partial charge in [-0.3, -0.25) is 0 Å². The molecule has 1 aromatic carbocycles. The Labute approximate surface area is 129 Å². The van der Waals surface area contributed by atoms with E-state index in [0.29, 0.717) is 18.8 Å². The van der Waals surface area contributed by atoms with Gasteiger partial charge in [0.25, 0.3) is 0 Å². The predicted octanol–water partition coefficient (Wildman–Crippen LogP) is 3.18. The van der Waals surface area contributed by atoms with Crippen LogP contribution in [0.5, 0.6) is 5.75 Å². The Bertz CT molecular complexity index is 532. The lowest BCUT2D eigenvalue weighted by atomic mass is 10.3. The van der Waals surface area contributed by atoms with Crippen LogP contribution in [0.25, 0.3) is 0 Å². The third-order valence-electron chi connectivity index (χ3n) is 2.56. The summed E-state index contributed by atoms with van der Waals surface area (Å²) in [5, 5.41) is 15.0. The molecule has 0 saturated heterocycles. The van der Waals surface area contributed by atoms with Crippen molar-refractivity contribution in [2.45, 2.75) is 12.6 Å². The Morgan fingerprint density at radius 1 is 1.35 bits per heavy atom. The molecule has 6 heteroatoms. The van der Waals surface area contributed by atoms with Crippen molar-refractivity contribution in [3.8, 4) is 5.75 Å². The van der Waals surface area contributed by atoms with Crippen molar-refractivity contribution < 1.29 is 14.2 Å². The number of aliphatic hydroxyl groups is 1. The minimum Gasteiger partial charge on any atom is -0.491 e. The summed E-state index contributed by atoms with van der Waals surface area (Å²) in [6, 6.07) is 7.78. The zero-order valence-corrected chi connectivity index (χ0v) is 13.1. The number of rotatable bonds is 7. The Kier molecular flexibility index (Phi) is 5.97. The molecule has 0 bridgehead atoms. The molecule has 20 heavy (non-hydrogen) atoms. The summed E-state index contributed by atoms with van der Waals surface area (Å²) in [5.74, 6) is 0.245. The highest BCUT2D eigenvalue weighted by atomic mass is 79.9. The second-order valence-corrected chi connectivity index (χ2v) is 6.19. The van der Waals surface area contributed by atoms with Crippen LogP contribution in [-0.4, -0.2) is 24.4 Å². The number of thiophene rings is 1. The third kappa shape index (κ3) is 5.20. The maximum atomic E-state index is 12.7. The smallest absolute Gasteiger partial charge is 0.123 e. The van der Waals surface area contributed by atoms with Crippen molar-refractivity contribution in [1.82, 2.24) is 5.32 Å². The lowest BCUT2D eigenvalue weighted by molar-refractivity contribution is 0.106. The van der Waals surface area contributed by atoms with Crippen LogP contribution >= 0.6 is 27.3 Å². The zero-order valence-electron chi connectivity index (χ0n) is 10.7. The van der Waals surface area contributed by atoms with E-state index in [1.165, 1.54) is 17.0 Å². The van der Waals surface area contributed by atoms with Crippen molar-refractivity contribution in [3.05, 3.63) is 50.9 Å². The summed E-state index contributed by atoms with van der Waals surface area (Å²) in [5.41, 5.74) is 0. The van der Waals surface area contributed by atoms with E-state index in [1.54, 1.807) is 23.5 Å². The number of aliphatic hydroxyl groups excluding tert-OH is 1. The van der Waals surface area contributed by atoms with Gasteiger partial charge in [-0.25, -0.2) is 4.39 Å². The minimum atomic E-state index is -0.608. The molecule has 0 spiro atoms. The first-order valence-electron chi connectivity index (χ1n) is 6.13. The van der Waals surface area contributed by atoms with Crippen LogP contribution in [0.3, 0.4) is 0 Å². The maximum Gasteiger partial charge on any atom is 0.123 e. The van der Waals surface area contributed by atoms with Crippen molar-refractivity contribution in [2.24, 2.45) is 0 Å². The van der Waals surface area contributed by atoms with Crippen molar-refractivity contribution in [1.29, 1.82) is 0 Å². The number of nitrogens with one attached hydrogen (secondary N) is 1. The van der Waals surface area contributed by atoms with Gasteiger partial charge >= 0.3 is 0 Å². The number of benzene rings is 1. The standard InChI is InChI=1S/C14H15BrFNO2S/c15-10-5-14(20-9-10)7-17-6-12(18)8-19-13-3-1-11(16)2-4-13/h1-5,9,12,17-18H,6-8H2. The first kappa shape index (κ1) is 15.4. The van der Waals surface area contributed by atoms with Gasteiger partial charge in [-0.05, 0) is 46.3 Å². The largest absolute Gasteiger partial charge is 0.491 e. The lowest BCUT2D eigenvalue weighted by Crippen LogP contribution is -2.30. The SMILES string of the molecule is OC(CNCc1cc(Br)cs1)COc1ccc(F)cc1. The summed E-state index contributed by atoms with van der Waals surface area (Å²) in [6.45, 7) is 1.33. The number of ether oxygens (including phenoxy) is 1. The first-order chi connectivity index (χ1) is 9.63. The van der Waals surface area contributed by atoms with Crippen LogP contribution in [0.1, 0.15) is 4.88 Å². The summed E-state index contributed by atoms with van der Waals surface area (Å²) >= 11 is 5.05. The molecule has 0 amide bonds. The quantitative estimate of drug-likeness (QED) is 0.797. The molecule has 3 nitrogen and oxygen atoms in total. The van der Waals surface area contributed by atoms with Crippen LogP contribution in [0, 0.1) is 5.82 Å². The predicted molar refractivity (Wildman–Crippen MR) is 81.6 cm³/mol. The molecule has 0 aliphatic rings. The minimum absolute atomic E-state index is 0.173. The molecule has 2 aromatic rings. The molecule has 0 fully saturated rings. The van der Waals surface area contributed by atoms with E-state index >= 15 is 0 Å². The lowest BCUT2D eigenvalue weighted by Gasteiger charge is -2.13. The highest BCUT2D eigenvalue weighted by Gasteiger charge is 2.06. The van der Waals surface area contributed by atoms with Gasteiger partial charge in [-0.1, -0.05) is 0 Å². The van der Waals surface area contributed by atoms with Gasteiger partial charge in [0.05, 0.1) is 0 Å². The van der Waals surface area contributed by atoms with E-state index in [1.807, 2.05) is 11.4 Å². The van der Waals surface area contributed by atoms with E-state index in [0.717, 1.165) is 4.47 Å². The summed E-state index contributed by atoms with van der Waals surface area (Å²) in [6.07, 6.45) is -0.608. The number of hydrogen-bond donors (Lipinski definition) is 2. The first-order valence-corrected chi connectivity index (χ1v) is 7.81. The van der Waals surface area contributed by atoms with Gasteiger partial charge in [0.1, 0.15) is 24.3 Å². The fourth-order valence-corrected chi connectivity index (χ4v) is 3.01. The Hall–Kier alpha value is -0.950. The summed E-state index contributed by atoms with van der Waals surface area (Å²) < 4.78 is 19.1. The molecule has 0 aliphatic carbocycles. The highest BCUT2D eigenvalue weighted by molar-refractivity contribution is 9.10. The molecule has 1 aromatic heterocycles. The Morgan fingerprint density at radius 3 is 2.75 bits per heavy atom. The molecular weight excluding hydrogens is 345 g/mol. The summed E-state index contributed by atoms with van der Waals surface area (Å²) in [7, 11) is 0. The fourth-order valence-electron chi connectivity index (χ4n) is 1.59. The van der Waals surface area contributed by atoms with E-state index in [-0.39, 0.29) is 12.4 Å². The van der Waals surface area contributed by atoms with Gasteiger partial charge in [0, 0.05) is 27.8 Å². The van der Waals surface area contributed by atoms with Gasteiger partial charge in [-0.2, -0.15) is 0 Å². The molecule has 1 heterocycles. The van der Waals surface area contributed by atoms with Crippen molar-refractivity contribution in [2.75, 3.05) is 13.2 Å². The average Bonchev–Trinajstić information content (AvgIpc) is 2.84. The Morgan fingerprint density at radius 2 is 2.10 bits per heavy atom. The van der Waals surface area contributed by atoms with Gasteiger partial charge in [-0.15, -0.1) is 11.3 Å².